The van der Waals surface area contributed by atoms with Crippen molar-refractivity contribution in [3.8, 4) is 11.5 Å². The van der Waals surface area contributed by atoms with Crippen molar-refractivity contribution in [2.75, 3.05) is 18.2 Å². The van der Waals surface area contributed by atoms with E-state index in [1.54, 1.807) is 50.4 Å². The van der Waals surface area contributed by atoms with Gasteiger partial charge < -0.3 is 20.5 Å². The fraction of sp³-hybridized carbons (Fsp3) is 0.235. The molecular weight excluding hydrogens is 280 g/mol. The van der Waals surface area contributed by atoms with E-state index < -0.39 is 6.10 Å². The Balaban J connectivity index is 1.99. The van der Waals surface area contributed by atoms with Crippen molar-refractivity contribution in [1.82, 2.24) is 0 Å². The van der Waals surface area contributed by atoms with Crippen LogP contribution in [-0.2, 0) is 4.79 Å². The Labute approximate surface area is 130 Å². The number of methoxy groups -OCH3 is 1. The van der Waals surface area contributed by atoms with Crippen LogP contribution >= 0.6 is 0 Å². The Kier molecular flexibility index (Phi) is 4.88. The standard InChI is InChI=1S/C17H20N2O3/c1-11-10-13(18)4-9-16(11)19-17(20)12(2)22-15-7-5-14(21-3)6-8-15/h4-10,12H,18H2,1-3H3,(H,19,20)/t12-/m1/s1. The lowest BCUT2D eigenvalue weighted by atomic mass is 10.1. The quantitative estimate of drug-likeness (QED) is 0.833. The molecule has 0 unspecified atom stereocenters. The summed E-state index contributed by atoms with van der Waals surface area (Å²) in [7, 11) is 1.60. The van der Waals surface area contributed by atoms with E-state index in [0.717, 1.165) is 17.0 Å². The van der Waals surface area contributed by atoms with Gasteiger partial charge in [0.25, 0.3) is 5.91 Å². The van der Waals surface area contributed by atoms with E-state index >= 15 is 0 Å². The van der Waals surface area contributed by atoms with Crippen molar-refractivity contribution in [3.63, 3.8) is 0 Å². The molecule has 1 amide bonds. The minimum atomic E-state index is -0.620. The number of aryl methyl sites for hydroxylation is 1. The number of anilines is 2. The second-order valence-corrected chi connectivity index (χ2v) is 5.00. The van der Waals surface area contributed by atoms with E-state index in [2.05, 4.69) is 5.32 Å². The fourth-order valence-electron chi connectivity index (χ4n) is 1.97. The third-order valence-corrected chi connectivity index (χ3v) is 3.25. The summed E-state index contributed by atoms with van der Waals surface area (Å²) >= 11 is 0. The van der Waals surface area contributed by atoms with Crippen LogP contribution in [0.3, 0.4) is 0 Å². The molecule has 1 atom stereocenters. The molecule has 0 aliphatic carbocycles. The smallest absolute Gasteiger partial charge is 0.265 e. The van der Waals surface area contributed by atoms with Gasteiger partial charge in [0, 0.05) is 11.4 Å². The molecule has 22 heavy (non-hydrogen) atoms. The molecule has 2 aromatic rings. The molecule has 5 heteroatoms. The van der Waals surface area contributed by atoms with Crippen LogP contribution in [0, 0.1) is 6.92 Å². The molecule has 0 aliphatic rings. The summed E-state index contributed by atoms with van der Waals surface area (Å²) in [6.07, 6.45) is -0.620. The number of hydrogen-bond acceptors (Lipinski definition) is 4. The summed E-state index contributed by atoms with van der Waals surface area (Å²) in [5.41, 5.74) is 7.99. The third kappa shape index (κ3) is 3.91. The zero-order chi connectivity index (χ0) is 16.1. The molecule has 0 aromatic heterocycles. The Bertz CT molecular complexity index is 653. The summed E-state index contributed by atoms with van der Waals surface area (Å²) in [5, 5.41) is 2.84. The van der Waals surface area contributed by atoms with Gasteiger partial charge in [0.15, 0.2) is 6.10 Å². The van der Waals surface area contributed by atoms with Gasteiger partial charge in [-0.1, -0.05) is 0 Å². The van der Waals surface area contributed by atoms with Gasteiger partial charge in [-0.3, -0.25) is 4.79 Å². The average Bonchev–Trinajstić information content (AvgIpc) is 2.50. The van der Waals surface area contributed by atoms with Crippen molar-refractivity contribution in [2.45, 2.75) is 20.0 Å². The number of benzene rings is 2. The van der Waals surface area contributed by atoms with Crippen LogP contribution in [0.15, 0.2) is 42.5 Å². The largest absolute Gasteiger partial charge is 0.497 e. The van der Waals surface area contributed by atoms with E-state index in [4.69, 9.17) is 15.2 Å². The molecular formula is C17H20N2O3. The van der Waals surface area contributed by atoms with Crippen LogP contribution in [-0.4, -0.2) is 19.1 Å². The average molecular weight is 300 g/mol. The lowest BCUT2D eigenvalue weighted by Gasteiger charge is -2.16. The van der Waals surface area contributed by atoms with Crippen molar-refractivity contribution in [2.24, 2.45) is 0 Å². The van der Waals surface area contributed by atoms with Crippen LogP contribution in [0.25, 0.3) is 0 Å². The Hall–Kier alpha value is -2.69. The molecule has 0 bridgehead atoms. The minimum absolute atomic E-state index is 0.219. The van der Waals surface area contributed by atoms with Crippen LogP contribution in [0.1, 0.15) is 12.5 Å². The van der Waals surface area contributed by atoms with Crippen molar-refractivity contribution in [3.05, 3.63) is 48.0 Å². The van der Waals surface area contributed by atoms with Crippen LogP contribution in [0.5, 0.6) is 11.5 Å². The fourth-order valence-corrected chi connectivity index (χ4v) is 1.97. The monoisotopic (exact) mass is 300 g/mol. The Morgan fingerprint density at radius 2 is 1.77 bits per heavy atom. The van der Waals surface area contributed by atoms with Gasteiger partial charge in [-0.05, 0) is 61.9 Å². The number of nitrogen functional groups attached to an aromatic ring is 1. The summed E-state index contributed by atoms with van der Waals surface area (Å²) in [5.74, 6) is 1.13. The number of ether oxygens (including phenoxy) is 2. The van der Waals surface area contributed by atoms with Gasteiger partial charge >= 0.3 is 0 Å². The Morgan fingerprint density at radius 3 is 2.36 bits per heavy atom. The molecule has 0 fully saturated rings. The predicted molar refractivity (Wildman–Crippen MR) is 87.3 cm³/mol. The zero-order valence-electron chi connectivity index (χ0n) is 12.9. The van der Waals surface area contributed by atoms with Crippen molar-refractivity contribution >= 4 is 17.3 Å². The number of nitrogens with two attached hydrogens (primary N) is 1. The van der Waals surface area contributed by atoms with Gasteiger partial charge in [-0.25, -0.2) is 0 Å². The van der Waals surface area contributed by atoms with E-state index in [1.165, 1.54) is 0 Å². The van der Waals surface area contributed by atoms with E-state index in [-0.39, 0.29) is 5.91 Å². The first-order valence-electron chi connectivity index (χ1n) is 6.97. The van der Waals surface area contributed by atoms with Crippen molar-refractivity contribution in [1.29, 1.82) is 0 Å². The number of hydrogen-bond donors (Lipinski definition) is 2. The lowest BCUT2D eigenvalue weighted by molar-refractivity contribution is -0.122. The molecule has 0 radical (unpaired) electrons. The van der Waals surface area contributed by atoms with Gasteiger partial charge in [0.2, 0.25) is 0 Å². The Morgan fingerprint density at radius 1 is 1.14 bits per heavy atom. The molecule has 2 aromatic carbocycles. The summed E-state index contributed by atoms with van der Waals surface area (Å²) < 4.78 is 10.7. The summed E-state index contributed by atoms with van der Waals surface area (Å²) in [6, 6.07) is 12.4. The first-order valence-corrected chi connectivity index (χ1v) is 6.97. The molecule has 0 spiro atoms. The van der Waals surface area contributed by atoms with Gasteiger partial charge in [0.05, 0.1) is 7.11 Å². The highest BCUT2D eigenvalue weighted by atomic mass is 16.5. The van der Waals surface area contributed by atoms with E-state index in [9.17, 15) is 4.79 Å². The number of carbonyl (C=O) groups excluding carboxylic acids is 1. The predicted octanol–water partition coefficient (Wildman–Crippen LogP) is 2.99. The maximum absolute atomic E-state index is 12.2. The molecule has 0 heterocycles. The van der Waals surface area contributed by atoms with Gasteiger partial charge in [-0.15, -0.1) is 0 Å². The second kappa shape index (κ2) is 6.85. The van der Waals surface area contributed by atoms with Gasteiger partial charge in [-0.2, -0.15) is 0 Å². The zero-order valence-corrected chi connectivity index (χ0v) is 12.9. The van der Waals surface area contributed by atoms with Crippen LogP contribution < -0.4 is 20.5 Å². The van der Waals surface area contributed by atoms with Crippen LogP contribution in [0.4, 0.5) is 11.4 Å². The number of rotatable bonds is 5. The first kappa shape index (κ1) is 15.7. The molecule has 0 aliphatic heterocycles. The van der Waals surface area contributed by atoms with E-state index in [1.807, 2.05) is 13.0 Å². The normalized spacial score (nSPS) is 11.6. The lowest BCUT2D eigenvalue weighted by Crippen LogP contribution is -2.30. The molecule has 0 saturated carbocycles. The number of nitrogens with one attached hydrogen (secondary N) is 1. The number of carbonyl (C=O) groups is 1. The highest BCUT2D eigenvalue weighted by molar-refractivity contribution is 5.94. The SMILES string of the molecule is COc1ccc(O[C@H](C)C(=O)Nc2ccc(N)cc2C)cc1. The molecule has 5 nitrogen and oxygen atoms in total. The molecule has 116 valence electrons. The molecule has 3 N–H and O–H groups in total. The molecule has 2 rings (SSSR count). The summed E-state index contributed by atoms with van der Waals surface area (Å²) in [4.78, 5) is 12.2. The topological polar surface area (TPSA) is 73.6 Å². The van der Waals surface area contributed by atoms with Crippen LogP contribution in [0.2, 0.25) is 0 Å². The van der Waals surface area contributed by atoms with Crippen molar-refractivity contribution < 1.29 is 14.3 Å². The minimum Gasteiger partial charge on any atom is -0.497 e. The summed E-state index contributed by atoms with van der Waals surface area (Å²) in [6.45, 7) is 3.59. The second-order valence-electron chi connectivity index (χ2n) is 5.00. The highest BCUT2D eigenvalue weighted by Gasteiger charge is 2.15. The third-order valence-electron chi connectivity index (χ3n) is 3.25. The maximum atomic E-state index is 12.2. The van der Waals surface area contributed by atoms with Gasteiger partial charge in [0.1, 0.15) is 11.5 Å². The number of amides is 1. The molecule has 0 saturated heterocycles. The first-order chi connectivity index (χ1) is 10.5. The maximum Gasteiger partial charge on any atom is 0.265 e. The highest BCUT2D eigenvalue weighted by Crippen LogP contribution is 2.20. The van der Waals surface area contributed by atoms with E-state index in [0.29, 0.717) is 11.4 Å².